The molecule has 1 unspecified atom stereocenters. The van der Waals surface area contributed by atoms with E-state index in [4.69, 9.17) is 9.47 Å². The Morgan fingerprint density at radius 1 is 0.864 bits per heavy atom. The Morgan fingerprint density at radius 2 is 1.61 bits per heavy atom. The number of piperidine rings is 2. The molecule has 1 N–H and O–H groups in total. The molecule has 0 radical (unpaired) electrons. The van der Waals surface area contributed by atoms with Crippen molar-refractivity contribution in [2.24, 2.45) is 11.3 Å². The second kappa shape index (κ2) is 14.7. The van der Waals surface area contributed by atoms with Crippen molar-refractivity contribution in [1.82, 2.24) is 29.6 Å². The molecule has 1 atom stereocenters. The van der Waals surface area contributed by atoms with Crippen LogP contribution in [0.15, 0.2) is 53.6 Å². The van der Waals surface area contributed by atoms with Crippen LogP contribution in [-0.2, 0) is 22.7 Å². The Labute approximate surface area is 343 Å². The summed E-state index contributed by atoms with van der Waals surface area (Å²) in [4.78, 5) is 71.1. The van der Waals surface area contributed by atoms with Gasteiger partial charge in [-0.15, -0.1) is 0 Å². The van der Waals surface area contributed by atoms with Crippen molar-refractivity contribution in [2.45, 2.75) is 51.2 Å². The number of aromatic nitrogens is 2. The van der Waals surface area contributed by atoms with E-state index >= 15 is 0 Å². The van der Waals surface area contributed by atoms with Gasteiger partial charge in [0.25, 0.3) is 17.4 Å². The zero-order chi connectivity index (χ0) is 40.6. The minimum atomic E-state index is -0.578. The number of hydrogen-bond acceptors (Lipinski definition) is 11. The predicted octanol–water partition coefficient (Wildman–Crippen LogP) is 3.95. The van der Waals surface area contributed by atoms with Crippen LogP contribution in [0.3, 0.4) is 0 Å². The number of methoxy groups -OCH3 is 2. The fourth-order valence-corrected chi connectivity index (χ4v) is 10.3. The Bertz CT molecular complexity index is 2380. The number of H-pyrrole nitrogens is 1. The molecule has 14 heteroatoms. The molecular weight excluding hydrogens is 749 g/mol. The molecule has 8 heterocycles. The lowest BCUT2D eigenvalue weighted by Crippen LogP contribution is -2.61. The topological polar surface area (TPSA) is 135 Å². The number of likely N-dealkylation sites (tertiary alicyclic amines) is 3. The lowest BCUT2D eigenvalue weighted by atomic mass is 9.71. The molecule has 0 aliphatic carbocycles. The van der Waals surface area contributed by atoms with Crippen LogP contribution in [-0.4, -0.2) is 134 Å². The molecule has 308 valence electrons. The lowest BCUT2D eigenvalue weighted by molar-refractivity contribution is -0.150. The number of benzene rings is 2. The van der Waals surface area contributed by atoms with Gasteiger partial charge in [0.2, 0.25) is 5.91 Å². The molecule has 10 rings (SSSR count). The molecule has 5 fully saturated rings. The van der Waals surface area contributed by atoms with Crippen molar-refractivity contribution in [3.05, 3.63) is 75.8 Å². The first kappa shape index (κ1) is 37.8. The van der Waals surface area contributed by atoms with Gasteiger partial charge in [-0.05, 0) is 86.1 Å². The number of hydrogen-bond donors (Lipinski definition) is 1. The summed E-state index contributed by atoms with van der Waals surface area (Å²) in [5, 5.41) is 1.42. The highest BCUT2D eigenvalue weighted by molar-refractivity contribution is 6.05. The van der Waals surface area contributed by atoms with Crippen LogP contribution in [0.1, 0.15) is 53.6 Å². The van der Waals surface area contributed by atoms with Gasteiger partial charge >= 0.3 is 0 Å². The van der Waals surface area contributed by atoms with E-state index in [1.54, 1.807) is 31.5 Å². The summed E-state index contributed by atoms with van der Waals surface area (Å²) >= 11 is 0. The van der Waals surface area contributed by atoms with Gasteiger partial charge in [-0.25, -0.2) is 4.98 Å². The lowest BCUT2D eigenvalue weighted by Gasteiger charge is -2.55. The molecule has 6 aliphatic rings. The van der Waals surface area contributed by atoms with Gasteiger partial charge in [0.1, 0.15) is 23.4 Å². The number of carbonyl (C=O) groups excluding carboxylic acids is 3. The van der Waals surface area contributed by atoms with Crippen LogP contribution in [0, 0.1) is 11.3 Å². The number of nitrogens with zero attached hydrogens (tertiary/aromatic N) is 7. The largest absolute Gasteiger partial charge is 0.496 e. The number of likely N-dealkylation sites (N-methyl/N-ethyl adjacent to an activating group) is 1. The number of fused-ring (bicyclic) bond motifs is 2. The van der Waals surface area contributed by atoms with Crippen LogP contribution in [0.2, 0.25) is 0 Å². The Balaban J connectivity index is 0.726. The SMILES string of the molecule is COc1cc(-c2c[nH]c(=O)c3cnc(N4CCC4)cc23)cc(OC)c1CN1CC(CN2CCC3(CC2)CN(c2ccc4c(c2)C(=O)N(C2CCC(=O)N(C)C2=O)C4)C3)C1. The smallest absolute Gasteiger partial charge is 0.257 e. The number of ether oxygens (including phenoxy) is 2. The first-order valence-corrected chi connectivity index (χ1v) is 21.1. The first-order valence-electron chi connectivity index (χ1n) is 21.1. The van der Waals surface area contributed by atoms with E-state index in [1.165, 1.54) is 24.8 Å². The number of nitrogens with one attached hydrogen (secondary N) is 1. The number of aromatic amines is 1. The maximum Gasteiger partial charge on any atom is 0.257 e. The summed E-state index contributed by atoms with van der Waals surface area (Å²) < 4.78 is 11.9. The number of anilines is 2. The minimum Gasteiger partial charge on any atom is -0.496 e. The number of imide groups is 1. The summed E-state index contributed by atoms with van der Waals surface area (Å²) in [6.45, 7) is 10.5. The summed E-state index contributed by atoms with van der Waals surface area (Å²) in [6.07, 6.45) is 7.63. The maximum atomic E-state index is 13.5. The van der Waals surface area contributed by atoms with E-state index in [1.807, 2.05) is 18.2 Å². The normalized spacial score (nSPS) is 22.2. The van der Waals surface area contributed by atoms with Crippen LogP contribution in [0.5, 0.6) is 11.5 Å². The van der Waals surface area contributed by atoms with Crippen molar-refractivity contribution in [1.29, 1.82) is 0 Å². The van der Waals surface area contributed by atoms with Gasteiger partial charge in [0, 0.05) is 112 Å². The van der Waals surface area contributed by atoms with Crippen LogP contribution in [0.25, 0.3) is 21.9 Å². The van der Waals surface area contributed by atoms with E-state index in [0.717, 1.165) is 123 Å². The van der Waals surface area contributed by atoms with Crippen molar-refractivity contribution in [3.8, 4) is 22.6 Å². The number of amides is 3. The third-order valence-electron chi connectivity index (χ3n) is 14.1. The van der Waals surface area contributed by atoms with Crippen molar-refractivity contribution < 1.29 is 23.9 Å². The van der Waals surface area contributed by atoms with Crippen LogP contribution < -0.4 is 24.8 Å². The molecule has 5 saturated heterocycles. The number of rotatable bonds is 10. The van der Waals surface area contributed by atoms with E-state index in [9.17, 15) is 19.2 Å². The highest BCUT2D eigenvalue weighted by atomic mass is 16.5. The average Bonchev–Trinajstić information content (AvgIpc) is 3.52. The summed E-state index contributed by atoms with van der Waals surface area (Å²) in [5.41, 5.74) is 5.72. The van der Waals surface area contributed by atoms with E-state index in [0.29, 0.717) is 35.2 Å². The maximum absolute atomic E-state index is 13.5. The highest BCUT2D eigenvalue weighted by Crippen LogP contribution is 2.44. The average molecular weight is 801 g/mol. The van der Waals surface area contributed by atoms with Crippen molar-refractivity contribution in [3.63, 3.8) is 0 Å². The molecule has 59 heavy (non-hydrogen) atoms. The van der Waals surface area contributed by atoms with E-state index in [2.05, 4.69) is 47.8 Å². The Morgan fingerprint density at radius 3 is 2.31 bits per heavy atom. The van der Waals surface area contributed by atoms with E-state index < -0.39 is 6.04 Å². The molecule has 2 aromatic carbocycles. The third kappa shape index (κ3) is 6.60. The molecular formula is C45H52N8O6. The first-order chi connectivity index (χ1) is 28.6. The van der Waals surface area contributed by atoms with Crippen molar-refractivity contribution >= 4 is 40.0 Å². The highest BCUT2D eigenvalue weighted by Gasteiger charge is 2.46. The van der Waals surface area contributed by atoms with Crippen molar-refractivity contribution in [2.75, 3.05) is 90.0 Å². The Kier molecular flexibility index (Phi) is 9.39. The molecule has 1 spiro atoms. The monoisotopic (exact) mass is 800 g/mol. The zero-order valence-corrected chi connectivity index (χ0v) is 34.2. The van der Waals surface area contributed by atoms with Gasteiger partial charge in [-0.2, -0.15) is 0 Å². The standard InChI is InChI=1S/C45H52N8O6/c1-48-41(54)8-7-37(44(48)57)53-24-29-5-6-31(17-32(29)43(53)56)52-26-45(27-52)9-13-49(14-10-45)21-28-22-50(23-28)25-36-38(58-2)15-30(16-39(36)59-3)34-19-47-42(55)35-20-46-40(18-33(34)35)51-11-4-12-51/h5-6,15-20,28,37H,4,7-14,21-27H2,1-3H3,(H,47,55). The zero-order valence-electron chi connectivity index (χ0n) is 34.2. The molecule has 3 amide bonds. The number of pyridine rings is 2. The molecule has 14 nitrogen and oxygen atoms in total. The van der Waals surface area contributed by atoms with Crippen LogP contribution in [0.4, 0.5) is 11.5 Å². The quantitative estimate of drug-likeness (QED) is 0.234. The van der Waals surface area contributed by atoms with Gasteiger partial charge in [0.05, 0.1) is 25.2 Å². The van der Waals surface area contributed by atoms with Gasteiger partial charge < -0.3 is 34.1 Å². The number of carbonyl (C=O) groups is 3. The Hall–Kier alpha value is -5.47. The third-order valence-corrected chi connectivity index (χ3v) is 14.1. The van der Waals surface area contributed by atoms with Crippen LogP contribution >= 0.6 is 0 Å². The van der Waals surface area contributed by atoms with E-state index in [-0.39, 0.29) is 29.7 Å². The fourth-order valence-electron chi connectivity index (χ4n) is 10.3. The molecule has 6 aliphatic heterocycles. The summed E-state index contributed by atoms with van der Waals surface area (Å²) in [6, 6.07) is 11.7. The fraction of sp³-hybridized carbons (Fsp3) is 0.489. The second-order valence-electron chi connectivity index (χ2n) is 17.7. The summed E-state index contributed by atoms with van der Waals surface area (Å²) in [7, 11) is 4.91. The second-order valence-corrected chi connectivity index (χ2v) is 17.7. The summed E-state index contributed by atoms with van der Waals surface area (Å²) in [5.74, 6) is 2.47. The molecule has 2 aromatic heterocycles. The van der Waals surface area contributed by atoms with Gasteiger partial charge in [-0.1, -0.05) is 6.07 Å². The van der Waals surface area contributed by atoms with Gasteiger partial charge in [-0.3, -0.25) is 29.0 Å². The minimum absolute atomic E-state index is 0.109. The molecule has 4 aromatic rings. The molecule has 0 bridgehead atoms. The molecule has 0 saturated carbocycles. The predicted molar refractivity (Wildman–Crippen MR) is 224 cm³/mol. The van der Waals surface area contributed by atoms with Gasteiger partial charge in [0.15, 0.2) is 0 Å².